The predicted molar refractivity (Wildman–Crippen MR) is 83.2 cm³/mol. The van der Waals surface area contributed by atoms with E-state index in [4.69, 9.17) is 9.72 Å². The molecule has 0 bridgehead atoms. The summed E-state index contributed by atoms with van der Waals surface area (Å²) in [5.41, 5.74) is 1.34. The number of thiazole rings is 1. The molecule has 0 saturated heterocycles. The minimum atomic E-state index is 0.266. The summed E-state index contributed by atoms with van der Waals surface area (Å²) in [6.45, 7) is 6.22. The molecule has 3 rings (SSSR count). The number of hydrogen-bond acceptors (Lipinski definition) is 4. The first-order valence-electron chi connectivity index (χ1n) is 8.18. The van der Waals surface area contributed by atoms with Crippen molar-refractivity contribution in [2.45, 2.75) is 64.5 Å². The van der Waals surface area contributed by atoms with Gasteiger partial charge in [-0.05, 0) is 57.9 Å². The molecule has 1 aromatic rings. The Balaban J connectivity index is 1.78. The first-order chi connectivity index (χ1) is 9.83. The van der Waals surface area contributed by atoms with Crippen LogP contribution in [0.5, 0.6) is 0 Å². The first kappa shape index (κ1) is 14.5. The second-order valence-electron chi connectivity index (χ2n) is 5.98. The third-order valence-electron chi connectivity index (χ3n) is 4.25. The standard InChI is InChI=1S/C16H26N2OS/c1-3-10-17-12-6-5-7-13-15(12)20-16(18-13)14(19-4-2)11-8-9-11/h11-12,14,17H,3-10H2,1-2H3. The molecule has 1 fully saturated rings. The van der Waals surface area contributed by atoms with Gasteiger partial charge in [-0.15, -0.1) is 11.3 Å². The van der Waals surface area contributed by atoms with Crippen LogP contribution in [0.15, 0.2) is 0 Å². The molecule has 1 N–H and O–H groups in total. The fraction of sp³-hybridized carbons (Fsp3) is 0.812. The Morgan fingerprint density at radius 1 is 1.35 bits per heavy atom. The summed E-state index contributed by atoms with van der Waals surface area (Å²) in [6, 6.07) is 0.534. The summed E-state index contributed by atoms with van der Waals surface area (Å²) in [5, 5.41) is 4.93. The molecule has 4 heteroatoms. The van der Waals surface area contributed by atoms with Gasteiger partial charge in [-0.1, -0.05) is 6.92 Å². The molecule has 2 atom stereocenters. The van der Waals surface area contributed by atoms with Gasteiger partial charge in [0, 0.05) is 17.5 Å². The van der Waals surface area contributed by atoms with E-state index in [0.717, 1.165) is 25.5 Å². The maximum absolute atomic E-state index is 5.97. The van der Waals surface area contributed by atoms with Gasteiger partial charge in [-0.25, -0.2) is 4.98 Å². The summed E-state index contributed by atoms with van der Waals surface area (Å²) < 4.78 is 5.97. The predicted octanol–water partition coefficient (Wildman–Crippen LogP) is 4.01. The highest BCUT2D eigenvalue weighted by Gasteiger charge is 2.36. The Morgan fingerprint density at radius 2 is 2.20 bits per heavy atom. The summed E-state index contributed by atoms with van der Waals surface area (Å²) in [4.78, 5) is 6.43. The van der Waals surface area contributed by atoms with Crippen LogP contribution in [0.3, 0.4) is 0 Å². The van der Waals surface area contributed by atoms with Crippen LogP contribution in [0.25, 0.3) is 0 Å². The fourth-order valence-electron chi connectivity index (χ4n) is 3.06. The zero-order valence-corrected chi connectivity index (χ0v) is 13.5. The van der Waals surface area contributed by atoms with E-state index in [0.29, 0.717) is 6.04 Å². The average molecular weight is 294 g/mol. The molecule has 1 heterocycles. The summed E-state index contributed by atoms with van der Waals surface area (Å²) in [7, 11) is 0. The summed E-state index contributed by atoms with van der Waals surface area (Å²) in [6.07, 6.45) is 7.76. The lowest BCUT2D eigenvalue weighted by molar-refractivity contribution is 0.0461. The van der Waals surface area contributed by atoms with E-state index in [1.165, 1.54) is 47.7 Å². The Kier molecular flexibility index (Phi) is 4.74. The van der Waals surface area contributed by atoms with Crippen LogP contribution in [0.1, 0.15) is 73.7 Å². The highest BCUT2D eigenvalue weighted by atomic mass is 32.1. The summed E-state index contributed by atoms with van der Waals surface area (Å²) >= 11 is 1.91. The molecule has 0 radical (unpaired) electrons. The molecule has 2 aliphatic carbocycles. The lowest BCUT2D eigenvalue weighted by Crippen LogP contribution is -2.24. The lowest BCUT2D eigenvalue weighted by Gasteiger charge is -2.22. The van der Waals surface area contributed by atoms with Crippen molar-refractivity contribution in [3.63, 3.8) is 0 Å². The molecule has 0 aromatic carbocycles. The van der Waals surface area contributed by atoms with E-state index >= 15 is 0 Å². The third kappa shape index (κ3) is 3.07. The average Bonchev–Trinajstić information content (AvgIpc) is 3.20. The number of aryl methyl sites for hydroxylation is 1. The summed E-state index contributed by atoms with van der Waals surface area (Å²) in [5.74, 6) is 0.726. The van der Waals surface area contributed by atoms with Crippen molar-refractivity contribution < 1.29 is 4.74 Å². The molecule has 1 saturated carbocycles. The Hall–Kier alpha value is -0.450. The molecule has 0 amide bonds. The third-order valence-corrected chi connectivity index (χ3v) is 5.52. The number of hydrogen-bond donors (Lipinski definition) is 1. The SMILES string of the molecule is CCCNC1CCCc2nc(C(OCC)C3CC3)sc21. The highest BCUT2D eigenvalue weighted by molar-refractivity contribution is 7.11. The monoisotopic (exact) mass is 294 g/mol. The normalized spacial score (nSPS) is 23.6. The van der Waals surface area contributed by atoms with Crippen LogP contribution in [0.2, 0.25) is 0 Å². The van der Waals surface area contributed by atoms with Crippen molar-refractivity contribution in [2.24, 2.45) is 5.92 Å². The van der Waals surface area contributed by atoms with Crippen molar-refractivity contribution in [3.05, 3.63) is 15.6 Å². The second-order valence-corrected chi connectivity index (χ2v) is 7.04. The minimum Gasteiger partial charge on any atom is -0.371 e. The quantitative estimate of drug-likeness (QED) is 0.825. The van der Waals surface area contributed by atoms with Gasteiger partial charge in [-0.3, -0.25) is 0 Å². The van der Waals surface area contributed by atoms with Gasteiger partial charge in [0.2, 0.25) is 0 Å². The van der Waals surface area contributed by atoms with Crippen molar-refractivity contribution in [3.8, 4) is 0 Å². The molecule has 3 nitrogen and oxygen atoms in total. The van der Waals surface area contributed by atoms with Crippen LogP contribution in [0.4, 0.5) is 0 Å². The van der Waals surface area contributed by atoms with Crippen LogP contribution in [-0.2, 0) is 11.2 Å². The molecular formula is C16H26N2OS. The van der Waals surface area contributed by atoms with E-state index in [2.05, 4.69) is 19.2 Å². The van der Waals surface area contributed by atoms with Gasteiger partial charge in [0.25, 0.3) is 0 Å². The molecule has 0 spiro atoms. The zero-order valence-electron chi connectivity index (χ0n) is 12.7. The van der Waals surface area contributed by atoms with Gasteiger partial charge in [0.05, 0.1) is 5.69 Å². The Bertz CT molecular complexity index is 442. The lowest BCUT2D eigenvalue weighted by atomic mass is 9.98. The number of nitrogens with one attached hydrogen (secondary N) is 1. The van der Waals surface area contributed by atoms with Crippen LogP contribution < -0.4 is 5.32 Å². The smallest absolute Gasteiger partial charge is 0.122 e. The van der Waals surface area contributed by atoms with E-state index in [9.17, 15) is 0 Å². The zero-order chi connectivity index (χ0) is 13.9. The van der Waals surface area contributed by atoms with Crippen LogP contribution in [-0.4, -0.2) is 18.1 Å². The molecule has 20 heavy (non-hydrogen) atoms. The van der Waals surface area contributed by atoms with Gasteiger partial charge >= 0.3 is 0 Å². The maximum Gasteiger partial charge on any atom is 0.122 e. The Morgan fingerprint density at radius 3 is 2.90 bits per heavy atom. The van der Waals surface area contributed by atoms with E-state index in [1.54, 1.807) is 0 Å². The van der Waals surface area contributed by atoms with Gasteiger partial charge in [-0.2, -0.15) is 0 Å². The molecule has 1 aromatic heterocycles. The van der Waals surface area contributed by atoms with E-state index in [1.807, 2.05) is 11.3 Å². The minimum absolute atomic E-state index is 0.266. The first-order valence-corrected chi connectivity index (χ1v) is 8.99. The fourth-order valence-corrected chi connectivity index (χ4v) is 4.43. The topological polar surface area (TPSA) is 34.2 Å². The second kappa shape index (κ2) is 6.54. The number of ether oxygens (including phenoxy) is 1. The van der Waals surface area contributed by atoms with E-state index in [-0.39, 0.29) is 6.10 Å². The van der Waals surface area contributed by atoms with Gasteiger partial charge in [0.1, 0.15) is 11.1 Å². The van der Waals surface area contributed by atoms with Gasteiger partial charge < -0.3 is 10.1 Å². The van der Waals surface area contributed by atoms with Crippen molar-refractivity contribution in [2.75, 3.05) is 13.2 Å². The Labute approximate surface area is 126 Å². The molecular weight excluding hydrogens is 268 g/mol. The van der Waals surface area contributed by atoms with Crippen molar-refractivity contribution in [1.29, 1.82) is 0 Å². The number of rotatable bonds is 7. The van der Waals surface area contributed by atoms with Crippen molar-refractivity contribution in [1.82, 2.24) is 10.3 Å². The molecule has 2 aliphatic rings. The molecule has 0 aliphatic heterocycles. The van der Waals surface area contributed by atoms with Crippen LogP contribution in [0, 0.1) is 5.92 Å². The van der Waals surface area contributed by atoms with Crippen molar-refractivity contribution >= 4 is 11.3 Å². The van der Waals surface area contributed by atoms with Crippen LogP contribution >= 0.6 is 11.3 Å². The number of nitrogens with zero attached hydrogens (tertiary/aromatic N) is 1. The molecule has 112 valence electrons. The largest absolute Gasteiger partial charge is 0.371 e. The van der Waals surface area contributed by atoms with E-state index < -0.39 is 0 Å². The van der Waals surface area contributed by atoms with Gasteiger partial charge in [0.15, 0.2) is 0 Å². The number of fused-ring (bicyclic) bond motifs is 1. The molecule has 2 unspecified atom stereocenters. The number of aromatic nitrogens is 1. The highest BCUT2D eigenvalue weighted by Crippen LogP contribution is 2.46. The maximum atomic E-state index is 5.97.